The minimum absolute atomic E-state index is 0.155. The first-order valence-electron chi connectivity index (χ1n) is 4.41. The summed E-state index contributed by atoms with van der Waals surface area (Å²) in [6.07, 6.45) is 1.42. The van der Waals surface area contributed by atoms with Gasteiger partial charge >= 0.3 is 0 Å². The predicted molar refractivity (Wildman–Crippen MR) is 55.4 cm³/mol. The summed E-state index contributed by atoms with van der Waals surface area (Å²) in [7, 11) is 0. The number of hydrogen-bond acceptors (Lipinski definition) is 5. The molecule has 0 saturated heterocycles. The van der Waals surface area contributed by atoms with Gasteiger partial charge in [0.05, 0.1) is 29.7 Å². The van der Waals surface area contributed by atoms with Gasteiger partial charge in [-0.2, -0.15) is 8.75 Å². The molecular weight excluding hydrogens is 234 g/mol. The molecule has 0 amide bonds. The average molecular weight is 242 g/mol. The molecule has 0 aliphatic heterocycles. The van der Waals surface area contributed by atoms with Crippen LogP contribution < -0.4 is 11.3 Å². The van der Waals surface area contributed by atoms with Gasteiger partial charge in [0.15, 0.2) is 0 Å². The van der Waals surface area contributed by atoms with Crippen LogP contribution in [-0.4, -0.2) is 8.75 Å². The van der Waals surface area contributed by atoms with Gasteiger partial charge in [0.25, 0.3) is 0 Å². The maximum absolute atomic E-state index is 13.5. The molecule has 1 aromatic heterocycles. The van der Waals surface area contributed by atoms with E-state index in [4.69, 9.17) is 5.84 Å². The second-order valence-electron chi connectivity index (χ2n) is 3.07. The SMILES string of the molecule is NNC(c1cnsn1)c1c(F)cccc1F. The summed E-state index contributed by atoms with van der Waals surface area (Å²) >= 11 is 0.949. The van der Waals surface area contributed by atoms with Crippen LogP contribution in [0.1, 0.15) is 17.3 Å². The van der Waals surface area contributed by atoms with Crippen LogP contribution in [0.5, 0.6) is 0 Å². The highest BCUT2D eigenvalue weighted by Crippen LogP contribution is 2.25. The average Bonchev–Trinajstić information content (AvgIpc) is 2.77. The first kappa shape index (κ1) is 11.1. The van der Waals surface area contributed by atoms with Crippen LogP contribution in [0, 0.1) is 11.6 Å². The van der Waals surface area contributed by atoms with E-state index in [2.05, 4.69) is 14.2 Å². The fourth-order valence-electron chi connectivity index (χ4n) is 1.40. The van der Waals surface area contributed by atoms with Gasteiger partial charge in [-0.1, -0.05) is 6.07 Å². The predicted octanol–water partition coefficient (Wildman–Crippen LogP) is 1.37. The highest BCUT2D eigenvalue weighted by atomic mass is 32.1. The molecule has 2 aromatic rings. The zero-order valence-electron chi connectivity index (χ0n) is 8.02. The number of hydrazine groups is 1. The molecule has 0 aliphatic carbocycles. The van der Waals surface area contributed by atoms with Gasteiger partial charge < -0.3 is 0 Å². The molecule has 1 heterocycles. The number of nitrogens with zero attached hydrogens (tertiary/aromatic N) is 2. The van der Waals surface area contributed by atoms with Crippen molar-refractivity contribution in [3.05, 3.63) is 47.3 Å². The highest BCUT2D eigenvalue weighted by molar-refractivity contribution is 6.99. The van der Waals surface area contributed by atoms with E-state index in [1.807, 2.05) is 0 Å². The molecule has 0 radical (unpaired) electrons. The second-order valence-corrected chi connectivity index (χ2v) is 3.62. The van der Waals surface area contributed by atoms with Gasteiger partial charge in [-0.3, -0.25) is 5.84 Å². The van der Waals surface area contributed by atoms with Crippen molar-refractivity contribution in [2.45, 2.75) is 6.04 Å². The minimum atomic E-state index is -0.833. The van der Waals surface area contributed by atoms with Gasteiger partial charge in [0, 0.05) is 5.56 Å². The number of halogens is 2. The molecule has 0 spiro atoms. The summed E-state index contributed by atoms with van der Waals surface area (Å²) in [5.74, 6) is 3.95. The Bertz CT molecular complexity index is 454. The first-order valence-corrected chi connectivity index (χ1v) is 5.14. The summed E-state index contributed by atoms with van der Waals surface area (Å²) in [5.41, 5.74) is 2.56. The number of hydrogen-bond donors (Lipinski definition) is 2. The lowest BCUT2D eigenvalue weighted by Gasteiger charge is -2.14. The van der Waals surface area contributed by atoms with Crippen molar-refractivity contribution >= 4 is 11.7 Å². The minimum Gasteiger partial charge on any atom is -0.271 e. The summed E-state index contributed by atoms with van der Waals surface area (Å²) in [5, 5.41) is 0. The number of nitrogens with two attached hydrogens (primary N) is 1. The number of aromatic nitrogens is 2. The van der Waals surface area contributed by atoms with E-state index in [-0.39, 0.29) is 5.56 Å². The molecule has 84 valence electrons. The number of nitrogens with one attached hydrogen (secondary N) is 1. The molecule has 1 unspecified atom stereocenters. The first-order chi connectivity index (χ1) is 7.74. The summed E-state index contributed by atoms with van der Waals surface area (Å²) in [4.78, 5) is 0. The quantitative estimate of drug-likeness (QED) is 0.630. The molecule has 16 heavy (non-hydrogen) atoms. The maximum atomic E-state index is 13.5. The Labute approximate surface area is 94.4 Å². The second kappa shape index (κ2) is 4.60. The molecule has 1 atom stereocenters. The van der Waals surface area contributed by atoms with Gasteiger partial charge in [-0.05, 0) is 12.1 Å². The Morgan fingerprint density at radius 3 is 2.50 bits per heavy atom. The highest BCUT2D eigenvalue weighted by Gasteiger charge is 2.22. The smallest absolute Gasteiger partial charge is 0.131 e. The molecular formula is C9H8F2N4S. The van der Waals surface area contributed by atoms with Gasteiger partial charge in [0.2, 0.25) is 0 Å². The van der Waals surface area contributed by atoms with Crippen LogP contribution >= 0.6 is 11.7 Å². The van der Waals surface area contributed by atoms with Crippen molar-refractivity contribution in [3.63, 3.8) is 0 Å². The zero-order valence-corrected chi connectivity index (χ0v) is 8.84. The fraction of sp³-hybridized carbons (Fsp3) is 0.111. The Kier molecular flexibility index (Phi) is 3.18. The molecule has 2 rings (SSSR count). The molecule has 1 aromatic carbocycles. The van der Waals surface area contributed by atoms with Gasteiger partial charge in [0.1, 0.15) is 11.6 Å². The zero-order chi connectivity index (χ0) is 11.5. The molecule has 0 fully saturated rings. The summed E-state index contributed by atoms with van der Waals surface area (Å²) in [6.45, 7) is 0. The van der Waals surface area contributed by atoms with E-state index in [9.17, 15) is 8.78 Å². The van der Waals surface area contributed by atoms with Crippen LogP contribution in [0.4, 0.5) is 8.78 Å². The molecule has 4 nitrogen and oxygen atoms in total. The maximum Gasteiger partial charge on any atom is 0.131 e. The van der Waals surface area contributed by atoms with E-state index < -0.39 is 17.7 Å². The van der Waals surface area contributed by atoms with Gasteiger partial charge in [-0.25, -0.2) is 14.2 Å². The third kappa shape index (κ3) is 1.92. The van der Waals surface area contributed by atoms with Crippen LogP contribution in [0.15, 0.2) is 24.4 Å². The van der Waals surface area contributed by atoms with Crippen molar-refractivity contribution in [2.24, 2.45) is 5.84 Å². The van der Waals surface area contributed by atoms with Crippen molar-refractivity contribution in [2.75, 3.05) is 0 Å². The summed E-state index contributed by atoms with van der Waals surface area (Å²) < 4.78 is 34.7. The molecule has 0 aliphatic rings. The lowest BCUT2D eigenvalue weighted by molar-refractivity contribution is 0.507. The molecule has 0 saturated carbocycles. The lowest BCUT2D eigenvalue weighted by atomic mass is 10.0. The normalized spacial score (nSPS) is 12.7. The Balaban J connectivity index is 2.49. The van der Waals surface area contributed by atoms with Crippen LogP contribution in [0.2, 0.25) is 0 Å². The van der Waals surface area contributed by atoms with E-state index in [1.165, 1.54) is 24.4 Å². The van der Waals surface area contributed by atoms with Crippen molar-refractivity contribution in [3.8, 4) is 0 Å². The van der Waals surface area contributed by atoms with E-state index in [1.54, 1.807) is 0 Å². The van der Waals surface area contributed by atoms with Crippen LogP contribution in [0.3, 0.4) is 0 Å². The van der Waals surface area contributed by atoms with Crippen LogP contribution in [-0.2, 0) is 0 Å². The van der Waals surface area contributed by atoms with Crippen molar-refractivity contribution in [1.29, 1.82) is 0 Å². The fourth-order valence-corrected chi connectivity index (χ4v) is 1.85. The third-order valence-corrected chi connectivity index (χ3v) is 2.62. The van der Waals surface area contributed by atoms with Crippen LogP contribution in [0.25, 0.3) is 0 Å². The van der Waals surface area contributed by atoms with E-state index in [0.29, 0.717) is 5.69 Å². The summed E-state index contributed by atoms with van der Waals surface area (Å²) in [6, 6.07) is 2.80. The van der Waals surface area contributed by atoms with E-state index >= 15 is 0 Å². The Morgan fingerprint density at radius 2 is 2.00 bits per heavy atom. The number of benzene rings is 1. The van der Waals surface area contributed by atoms with E-state index in [0.717, 1.165) is 11.7 Å². The Morgan fingerprint density at radius 1 is 1.31 bits per heavy atom. The standard InChI is InChI=1S/C9H8F2N4S/c10-5-2-1-3-6(11)8(5)9(14-12)7-4-13-16-15-7/h1-4,9,14H,12H2. The monoisotopic (exact) mass is 242 g/mol. The largest absolute Gasteiger partial charge is 0.271 e. The topological polar surface area (TPSA) is 63.8 Å². The molecule has 0 bridgehead atoms. The Hall–Kier alpha value is -1.44. The molecule has 7 heteroatoms. The van der Waals surface area contributed by atoms with Crippen molar-refractivity contribution in [1.82, 2.24) is 14.2 Å². The van der Waals surface area contributed by atoms with Gasteiger partial charge in [-0.15, -0.1) is 0 Å². The third-order valence-electron chi connectivity index (χ3n) is 2.13. The van der Waals surface area contributed by atoms with Crippen molar-refractivity contribution < 1.29 is 8.78 Å². The lowest BCUT2D eigenvalue weighted by Crippen LogP contribution is -2.30. The molecule has 3 N–H and O–H groups in total. The number of rotatable bonds is 3.